The first-order valence-electron chi connectivity index (χ1n) is 7.83. The number of carbonyl (C=O) groups excluding carboxylic acids is 2. The standard InChI is InChI=1S/C18H16N4O2/c23-16(22-10-9-12-5-1-4-8-15(12)22)11-19-18(24)17-13-6-2-3-7-14(13)20-21-17/h1-8H,9-11H2,(H,19,24)(H,20,21). The molecule has 0 atom stereocenters. The lowest BCUT2D eigenvalue weighted by Crippen LogP contribution is -2.39. The lowest BCUT2D eigenvalue weighted by atomic mass is 10.2. The third kappa shape index (κ3) is 2.42. The Morgan fingerprint density at radius 1 is 1.12 bits per heavy atom. The first-order chi connectivity index (χ1) is 11.7. The molecular formula is C18H16N4O2. The lowest BCUT2D eigenvalue weighted by molar-refractivity contribution is -0.117. The minimum atomic E-state index is -0.353. The molecule has 24 heavy (non-hydrogen) atoms. The van der Waals surface area contributed by atoms with Crippen molar-refractivity contribution < 1.29 is 9.59 Å². The first kappa shape index (κ1) is 14.4. The Hall–Kier alpha value is -3.15. The highest BCUT2D eigenvalue weighted by Gasteiger charge is 2.24. The molecule has 0 radical (unpaired) electrons. The predicted molar refractivity (Wildman–Crippen MR) is 90.9 cm³/mol. The smallest absolute Gasteiger partial charge is 0.272 e. The number of hydrogen-bond donors (Lipinski definition) is 2. The van der Waals surface area contributed by atoms with Crippen LogP contribution in [0.3, 0.4) is 0 Å². The monoisotopic (exact) mass is 320 g/mol. The number of nitrogens with one attached hydrogen (secondary N) is 2. The summed E-state index contributed by atoms with van der Waals surface area (Å²) < 4.78 is 0. The van der Waals surface area contributed by atoms with Crippen molar-refractivity contribution in [1.29, 1.82) is 0 Å². The van der Waals surface area contributed by atoms with Crippen LogP contribution >= 0.6 is 0 Å². The SMILES string of the molecule is O=C(NCC(=O)N1CCc2ccccc21)c1n[nH]c2ccccc12. The molecule has 0 saturated heterocycles. The fourth-order valence-electron chi connectivity index (χ4n) is 3.07. The van der Waals surface area contributed by atoms with E-state index in [0.717, 1.165) is 28.6 Å². The van der Waals surface area contributed by atoms with Crippen LogP contribution in [0.1, 0.15) is 16.1 Å². The zero-order chi connectivity index (χ0) is 16.5. The Morgan fingerprint density at radius 3 is 2.83 bits per heavy atom. The number of para-hydroxylation sites is 2. The predicted octanol–water partition coefficient (Wildman–Crippen LogP) is 1.88. The minimum Gasteiger partial charge on any atom is -0.342 e. The van der Waals surface area contributed by atoms with Crippen molar-refractivity contribution in [2.75, 3.05) is 18.0 Å². The van der Waals surface area contributed by atoms with E-state index in [1.807, 2.05) is 48.5 Å². The second kappa shape index (κ2) is 5.81. The summed E-state index contributed by atoms with van der Waals surface area (Å²) in [7, 11) is 0. The Morgan fingerprint density at radius 2 is 1.92 bits per heavy atom. The van der Waals surface area contributed by atoms with Crippen molar-refractivity contribution in [3.05, 3.63) is 59.8 Å². The van der Waals surface area contributed by atoms with Crippen LogP contribution in [0.5, 0.6) is 0 Å². The van der Waals surface area contributed by atoms with Crippen LogP contribution in [-0.2, 0) is 11.2 Å². The number of amides is 2. The number of benzene rings is 2. The molecule has 0 saturated carbocycles. The van der Waals surface area contributed by atoms with Crippen LogP contribution in [0.15, 0.2) is 48.5 Å². The molecule has 6 nitrogen and oxygen atoms in total. The second-order valence-corrected chi connectivity index (χ2v) is 5.72. The lowest BCUT2D eigenvalue weighted by Gasteiger charge is -2.17. The van der Waals surface area contributed by atoms with Gasteiger partial charge in [-0.3, -0.25) is 14.7 Å². The van der Waals surface area contributed by atoms with E-state index >= 15 is 0 Å². The van der Waals surface area contributed by atoms with Gasteiger partial charge < -0.3 is 10.2 Å². The summed E-state index contributed by atoms with van der Waals surface area (Å²) in [5.74, 6) is -0.471. The summed E-state index contributed by atoms with van der Waals surface area (Å²) >= 11 is 0. The topological polar surface area (TPSA) is 78.1 Å². The van der Waals surface area contributed by atoms with E-state index in [0.29, 0.717) is 12.2 Å². The van der Waals surface area contributed by atoms with Gasteiger partial charge >= 0.3 is 0 Å². The Balaban J connectivity index is 1.45. The van der Waals surface area contributed by atoms with Crippen LogP contribution in [0.2, 0.25) is 0 Å². The van der Waals surface area contributed by atoms with E-state index in [1.54, 1.807) is 4.90 Å². The largest absolute Gasteiger partial charge is 0.342 e. The van der Waals surface area contributed by atoms with E-state index in [9.17, 15) is 9.59 Å². The third-order valence-electron chi connectivity index (χ3n) is 4.27. The van der Waals surface area contributed by atoms with Gasteiger partial charge in [-0.2, -0.15) is 5.10 Å². The normalized spacial score (nSPS) is 13.1. The molecule has 1 aliphatic heterocycles. The van der Waals surface area contributed by atoms with Gasteiger partial charge in [0.15, 0.2) is 5.69 Å². The minimum absolute atomic E-state index is 0.0473. The Kier molecular flexibility index (Phi) is 3.49. The number of H-pyrrole nitrogens is 1. The molecule has 120 valence electrons. The van der Waals surface area contributed by atoms with Gasteiger partial charge in [0.1, 0.15) is 0 Å². The molecular weight excluding hydrogens is 304 g/mol. The fourth-order valence-corrected chi connectivity index (χ4v) is 3.07. The van der Waals surface area contributed by atoms with Gasteiger partial charge in [-0.05, 0) is 24.1 Å². The number of fused-ring (bicyclic) bond motifs is 2. The van der Waals surface area contributed by atoms with Gasteiger partial charge in [0.05, 0.1) is 12.1 Å². The van der Waals surface area contributed by atoms with Crippen molar-refractivity contribution in [2.24, 2.45) is 0 Å². The molecule has 2 N–H and O–H groups in total. The summed E-state index contributed by atoms with van der Waals surface area (Å²) in [5.41, 5.74) is 3.19. The molecule has 3 aromatic rings. The van der Waals surface area contributed by atoms with E-state index in [1.165, 1.54) is 0 Å². The van der Waals surface area contributed by atoms with Gasteiger partial charge in [0.25, 0.3) is 5.91 Å². The van der Waals surface area contributed by atoms with Crippen molar-refractivity contribution >= 4 is 28.4 Å². The number of carbonyl (C=O) groups is 2. The average Bonchev–Trinajstić information content (AvgIpc) is 3.23. The maximum absolute atomic E-state index is 12.4. The molecule has 1 aromatic heterocycles. The summed E-state index contributed by atoms with van der Waals surface area (Å²) in [4.78, 5) is 26.5. The maximum atomic E-state index is 12.4. The number of anilines is 1. The number of nitrogens with zero attached hydrogens (tertiary/aromatic N) is 2. The van der Waals surface area contributed by atoms with Crippen molar-refractivity contribution in [3.8, 4) is 0 Å². The number of aromatic nitrogens is 2. The Labute approximate surface area is 138 Å². The molecule has 2 amide bonds. The molecule has 0 fully saturated rings. The van der Waals surface area contributed by atoms with E-state index in [4.69, 9.17) is 0 Å². The van der Waals surface area contributed by atoms with Crippen LogP contribution < -0.4 is 10.2 Å². The van der Waals surface area contributed by atoms with Gasteiger partial charge in [-0.15, -0.1) is 0 Å². The molecule has 0 spiro atoms. The van der Waals surface area contributed by atoms with Crippen molar-refractivity contribution in [3.63, 3.8) is 0 Å². The second-order valence-electron chi connectivity index (χ2n) is 5.72. The maximum Gasteiger partial charge on any atom is 0.272 e. The van der Waals surface area contributed by atoms with Gasteiger partial charge in [-0.25, -0.2) is 0 Å². The average molecular weight is 320 g/mol. The van der Waals surface area contributed by atoms with E-state index in [-0.39, 0.29) is 18.4 Å². The Bertz CT molecular complexity index is 931. The number of hydrogen-bond acceptors (Lipinski definition) is 3. The first-order valence-corrected chi connectivity index (χ1v) is 7.83. The van der Waals surface area contributed by atoms with Crippen molar-refractivity contribution in [2.45, 2.75) is 6.42 Å². The zero-order valence-electron chi connectivity index (χ0n) is 13.0. The van der Waals surface area contributed by atoms with Gasteiger partial charge in [0, 0.05) is 17.6 Å². The summed E-state index contributed by atoms with van der Waals surface area (Å²) in [5, 5.41) is 10.3. The number of aromatic amines is 1. The molecule has 2 aromatic carbocycles. The summed E-state index contributed by atoms with van der Waals surface area (Å²) in [6.45, 7) is 0.605. The molecule has 4 rings (SSSR count). The molecule has 0 aliphatic carbocycles. The molecule has 1 aliphatic rings. The molecule has 2 heterocycles. The highest BCUT2D eigenvalue weighted by Crippen LogP contribution is 2.27. The fraction of sp³-hybridized carbons (Fsp3) is 0.167. The van der Waals surface area contributed by atoms with E-state index in [2.05, 4.69) is 15.5 Å². The summed E-state index contributed by atoms with van der Waals surface area (Å²) in [6.07, 6.45) is 0.847. The van der Waals surface area contributed by atoms with Crippen LogP contribution in [0.4, 0.5) is 5.69 Å². The van der Waals surface area contributed by atoms with Crippen LogP contribution in [0.25, 0.3) is 10.9 Å². The van der Waals surface area contributed by atoms with Gasteiger partial charge in [-0.1, -0.05) is 36.4 Å². The highest BCUT2D eigenvalue weighted by molar-refractivity contribution is 6.06. The molecule has 0 bridgehead atoms. The molecule has 0 unspecified atom stereocenters. The molecule has 6 heteroatoms. The van der Waals surface area contributed by atoms with Crippen molar-refractivity contribution in [1.82, 2.24) is 15.5 Å². The number of rotatable bonds is 3. The van der Waals surface area contributed by atoms with E-state index < -0.39 is 0 Å². The van der Waals surface area contributed by atoms with Gasteiger partial charge in [0.2, 0.25) is 5.91 Å². The summed E-state index contributed by atoms with van der Waals surface area (Å²) in [6, 6.07) is 15.2. The zero-order valence-corrected chi connectivity index (χ0v) is 13.0. The van der Waals surface area contributed by atoms with Crippen LogP contribution in [-0.4, -0.2) is 35.1 Å². The van der Waals surface area contributed by atoms with Crippen LogP contribution in [0, 0.1) is 0 Å². The highest BCUT2D eigenvalue weighted by atomic mass is 16.2. The third-order valence-corrected chi connectivity index (χ3v) is 4.27. The quantitative estimate of drug-likeness (QED) is 0.773.